The van der Waals surface area contributed by atoms with E-state index in [9.17, 15) is 18.0 Å². The maximum Gasteiger partial charge on any atom is 0.436 e. The van der Waals surface area contributed by atoms with Crippen LogP contribution in [-0.4, -0.2) is 25.5 Å². The average molecular weight is 524 g/mol. The van der Waals surface area contributed by atoms with Crippen molar-refractivity contribution in [3.05, 3.63) is 62.6 Å². The number of hydrogen-bond acceptors (Lipinski definition) is 3. The molecular weight excluding hydrogens is 499 g/mol. The van der Waals surface area contributed by atoms with Gasteiger partial charge in [-0.1, -0.05) is 24.3 Å². The Kier molecular flexibility index (Phi) is 6.15. The summed E-state index contributed by atoms with van der Waals surface area (Å²) in [6.45, 7) is 7.80. The van der Waals surface area contributed by atoms with E-state index >= 15 is 0 Å². The van der Waals surface area contributed by atoms with Crippen molar-refractivity contribution in [1.82, 2.24) is 19.6 Å². The molecule has 0 radical (unpaired) electrons. The topological polar surface area (TPSA) is 64.7 Å². The number of amides is 1. The summed E-state index contributed by atoms with van der Waals surface area (Å²) in [5.41, 5.74) is 3.66. The summed E-state index contributed by atoms with van der Waals surface area (Å²) in [5.74, 6) is -0.471. The molecule has 1 aromatic carbocycles. The van der Waals surface area contributed by atoms with Gasteiger partial charge in [-0.2, -0.15) is 23.4 Å². The van der Waals surface area contributed by atoms with Crippen LogP contribution in [0.4, 0.5) is 18.9 Å². The third kappa shape index (κ3) is 4.58. The van der Waals surface area contributed by atoms with Crippen LogP contribution in [0.5, 0.6) is 0 Å². The second-order valence-electron chi connectivity index (χ2n) is 8.56. The molecule has 0 aliphatic heterocycles. The summed E-state index contributed by atoms with van der Waals surface area (Å²) in [6, 6.07) is 7.07. The van der Waals surface area contributed by atoms with E-state index in [1.807, 2.05) is 42.8 Å². The first kappa shape index (κ1) is 23.5. The molecule has 2 aromatic heterocycles. The normalized spacial score (nSPS) is 15.0. The van der Waals surface area contributed by atoms with Crippen LogP contribution in [-0.2, 0) is 17.5 Å². The number of halogens is 4. The molecule has 0 saturated heterocycles. The summed E-state index contributed by atoms with van der Waals surface area (Å²) in [5, 5.41) is 11.2. The molecule has 1 aliphatic rings. The van der Waals surface area contributed by atoms with Gasteiger partial charge in [0.1, 0.15) is 6.04 Å². The number of alkyl halides is 3. The van der Waals surface area contributed by atoms with Crippen molar-refractivity contribution in [2.45, 2.75) is 65.2 Å². The first-order valence-electron chi connectivity index (χ1n) is 10.7. The minimum Gasteiger partial charge on any atom is -0.321 e. The van der Waals surface area contributed by atoms with Crippen LogP contribution in [0.1, 0.15) is 65.6 Å². The molecule has 6 nitrogen and oxygen atoms in total. The molecule has 1 aliphatic carbocycles. The van der Waals surface area contributed by atoms with E-state index < -0.39 is 23.8 Å². The van der Waals surface area contributed by atoms with Crippen LogP contribution < -0.4 is 5.32 Å². The Labute approximate surface area is 198 Å². The SMILES string of the molecule is Cc1ccccc1Cn1nc(C)c(NC(=O)C(C)n2nc(C(F)(F)F)c(Br)c2C2CC2)c1C. The number of nitrogens with one attached hydrogen (secondary N) is 1. The van der Waals surface area contributed by atoms with Crippen molar-refractivity contribution >= 4 is 27.5 Å². The number of benzene rings is 1. The highest BCUT2D eigenvalue weighted by Crippen LogP contribution is 2.47. The molecule has 3 aromatic rings. The van der Waals surface area contributed by atoms with Gasteiger partial charge in [-0.25, -0.2) is 0 Å². The number of aromatic nitrogens is 4. The highest BCUT2D eigenvalue weighted by atomic mass is 79.9. The van der Waals surface area contributed by atoms with E-state index in [4.69, 9.17) is 0 Å². The molecule has 176 valence electrons. The quantitative estimate of drug-likeness (QED) is 0.436. The van der Waals surface area contributed by atoms with Crippen molar-refractivity contribution in [2.75, 3.05) is 5.32 Å². The molecule has 1 N–H and O–H groups in total. The lowest BCUT2D eigenvalue weighted by atomic mass is 10.1. The van der Waals surface area contributed by atoms with E-state index in [2.05, 4.69) is 31.4 Å². The largest absolute Gasteiger partial charge is 0.436 e. The van der Waals surface area contributed by atoms with Crippen LogP contribution in [0.2, 0.25) is 0 Å². The van der Waals surface area contributed by atoms with Gasteiger partial charge in [0, 0.05) is 5.92 Å². The van der Waals surface area contributed by atoms with E-state index in [-0.39, 0.29) is 10.4 Å². The minimum absolute atomic E-state index is 0.0291. The van der Waals surface area contributed by atoms with Gasteiger partial charge in [0.25, 0.3) is 0 Å². The lowest BCUT2D eigenvalue weighted by Gasteiger charge is -2.16. The lowest BCUT2D eigenvalue weighted by Crippen LogP contribution is -2.26. The first-order chi connectivity index (χ1) is 15.5. The zero-order valence-corrected chi connectivity index (χ0v) is 20.4. The molecule has 10 heteroatoms. The van der Waals surface area contributed by atoms with Gasteiger partial charge >= 0.3 is 6.18 Å². The number of carbonyl (C=O) groups is 1. The number of carbonyl (C=O) groups excluding carboxylic acids is 1. The van der Waals surface area contributed by atoms with E-state index in [1.54, 1.807) is 13.8 Å². The van der Waals surface area contributed by atoms with Gasteiger partial charge in [-0.05, 0) is 67.6 Å². The molecule has 1 fully saturated rings. The highest BCUT2D eigenvalue weighted by Gasteiger charge is 2.43. The lowest BCUT2D eigenvalue weighted by molar-refractivity contribution is -0.142. The van der Waals surface area contributed by atoms with Crippen LogP contribution in [0, 0.1) is 20.8 Å². The highest BCUT2D eigenvalue weighted by molar-refractivity contribution is 9.10. The Bertz CT molecular complexity index is 1210. The van der Waals surface area contributed by atoms with E-state index in [0.717, 1.165) is 29.7 Å². The Morgan fingerprint density at radius 2 is 1.88 bits per heavy atom. The zero-order valence-electron chi connectivity index (χ0n) is 18.8. The van der Waals surface area contributed by atoms with Crippen LogP contribution >= 0.6 is 15.9 Å². The Morgan fingerprint density at radius 1 is 1.21 bits per heavy atom. The Morgan fingerprint density at radius 3 is 2.48 bits per heavy atom. The van der Waals surface area contributed by atoms with Gasteiger partial charge in [-0.15, -0.1) is 0 Å². The predicted octanol–water partition coefficient (Wildman–Crippen LogP) is 5.91. The summed E-state index contributed by atoms with van der Waals surface area (Å²) >= 11 is 3.08. The second-order valence-corrected chi connectivity index (χ2v) is 9.35. The van der Waals surface area contributed by atoms with Crippen molar-refractivity contribution < 1.29 is 18.0 Å². The number of hydrogen-bond donors (Lipinski definition) is 1. The summed E-state index contributed by atoms with van der Waals surface area (Å²) < 4.78 is 43.3. The molecule has 0 spiro atoms. The summed E-state index contributed by atoms with van der Waals surface area (Å²) in [7, 11) is 0. The zero-order chi connectivity index (χ0) is 24.1. The third-order valence-electron chi connectivity index (χ3n) is 6.08. The molecule has 1 amide bonds. The average Bonchev–Trinajstić information content (AvgIpc) is 3.47. The molecule has 4 rings (SSSR count). The minimum atomic E-state index is -4.60. The van der Waals surface area contributed by atoms with Crippen molar-refractivity contribution in [3.63, 3.8) is 0 Å². The standard InChI is InChI=1S/C23H25BrF3N5O/c1-12-7-5-6-8-17(12)11-31-14(3)19(13(2)29-31)28-22(33)15(4)32-20(16-9-10-16)18(24)21(30-32)23(25,26)27/h5-8,15-16H,9-11H2,1-4H3,(H,28,33). The number of aryl methyl sites for hydroxylation is 2. The van der Waals surface area contributed by atoms with Gasteiger partial charge in [0.15, 0.2) is 5.69 Å². The smallest absolute Gasteiger partial charge is 0.321 e. The Balaban J connectivity index is 1.59. The molecule has 1 atom stereocenters. The van der Waals surface area contributed by atoms with Crippen LogP contribution in [0.15, 0.2) is 28.7 Å². The van der Waals surface area contributed by atoms with Gasteiger partial charge in [-0.3, -0.25) is 14.2 Å². The number of anilines is 1. The van der Waals surface area contributed by atoms with Crippen molar-refractivity contribution in [2.24, 2.45) is 0 Å². The monoisotopic (exact) mass is 523 g/mol. The molecule has 33 heavy (non-hydrogen) atoms. The van der Waals surface area contributed by atoms with Crippen LogP contribution in [0.3, 0.4) is 0 Å². The summed E-state index contributed by atoms with van der Waals surface area (Å²) in [6.07, 6.45) is -3.05. The van der Waals surface area contributed by atoms with Gasteiger partial charge in [0.2, 0.25) is 5.91 Å². The third-order valence-corrected chi connectivity index (χ3v) is 6.86. The predicted molar refractivity (Wildman–Crippen MR) is 122 cm³/mol. The van der Waals surface area contributed by atoms with Crippen molar-refractivity contribution in [1.29, 1.82) is 0 Å². The summed E-state index contributed by atoms with van der Waals surface area (Å²) in [4.78, 5) is 13.1. The van der Waals surface area contributed by atoms with E-state index in [0.29, 0.717) is 23.6 Å². The van der Waals surface area contributed by atoms with E-state index in [1.165, 1.54) is 4.68 Å². The Hall–Kier alpha value is -2.62. The molecule has 1 saturated carbocycles. The molecule has 0 bridgehead atoms. The fraction of sp³-hybridized carbons (Fsp3) is 0.435. The maximum atomic E-state index is 13.4. The fourth-order valence-corrected chi connectivity index (χ4v) is 4.76. The van der Waals surface area contributed by atoms with Crippen molar-refractivity contribution in [3.8, 4) is 0 Å². The first-order valence-corrected chi connectivity index (χ1v) is 11.5. The van der Waals surface area contributed by atoms with Gasteiger partial charge in [0.05, 0.1) is 33.8 Å². The molecule has 1 unspecified atom stereocenters. The maximum absolute atomic E-state index is 13.4. The van der Waals surface area contributed by atoms with Crippen LogP contribution in [0.25, 0.3) is 0 Å². The van der Waals surface area contributed by atoms with Gasteiger partial charge < -0.3 is 5.32 Å². The number of rotatable bonds is 6. The second kappa shape index (κ2) is 8.62. The fourth-order valence-electron chi connectivity index (χ4n) is 3.95. The molecule has 2 heterocycles. The molecular formula is C23H25BrF3N5O. The number of nitrogens with zero attached hydrogens (tertiary/aromatic N) is 4.